The molecule has 2 aromatic carbocycles. The third-order valence-corrected chi connectivity index (χ3v) is 4.86. The van der Waals surface area contributed by atoms with E-state index >= 15 is 0 Å². The van der Waals surface area contributed by atoms with Crippen LogP contribution in [0, 0.1) is 11.3 Å². The van der Waals surface area contributed by atoms with Gasteiger partial charge >= 0.3 is 5.97 Å². The van der Waals surface area contributed by atoms with E-state index in [1.54, 1.807) is 0 Å². The number of carbonyl (C=O) groups excluding carboxylic acids is 1. The molecule has 0 amide bonds. The minimum absolute atomic E-state index is 0.113. The Morgan fingerprint density at radius 3 is 2.41 bits per heavy atom. The molecule has 1 aliphatic heterocycles. The van der Waals surface area contributed by atoms with Crippen molar-refractivity contribution in [2.75, 3.05) is 31.1 Å². The SMILES string of the molecule is N#CC(C(=O)OCc1ccccc1)c1nc2ccccc2nc1N1CCNCC1. The lowest BCUT2D eigenvalue weighted by molar-refractivity contribution is -0.145. The zero-order valence-electron chi connectivity index (χ0n) is 15.9. The van der Waals surface area contributed by atoms with Crippen LogP contribution in [0.1, 0.15) is 17.2 Å². The summed E-state index contributed by atoms with van der Waals surface area (Å²) in [7, 11) is 0. The van der Waals surface area contributed by atoms with Gasteiger partial charge in [0.2, 0.25) is 0 Å². The number of nitrogens with one attached hydrogen (secondary N) is 1. The smallest absolute Gasteiger partial charge is 0.330 e. The van der Waals surface area contributed by atoms with Crippen molar-refractivity contribution in [3.05, 3.63) is 65.9 Å². The first-order valence-electron chi connectivity index (χ1n) is 9.59. The van der Waals surface area contributed by atoms with Crippen LogP contribution in [0.3, 0.4) is 0 Å². The lowest BCUT2D eigenvalue weighted by atomic mass is 10.1. The average Bonchev–Trinajstić information content (AvgIpc) is 2.79. The van der Waals surface area contributed by atoms with Crippen LogP contribution in [-0.2, 0) is 16.1 Å². The Bertz CT molecular complexity index is 1040. The van der Waals surface area contributed by atoms with Gasteiger partial charge in [0, 0.05) is 26.2 Å². The molecule has 1 atom stereocenters. The molecule has 1 aliphatic rings. The van der Waals surface area contributed by atoms with Crippen LogP contribution in [0.15, 0.2) is 54.6 Å². The van der Waals surface area contributed by atoms with Crippen molar-refractivity contribution in [1.82, 2.24) is 15.3 Å². The van der Waals surface area contributed by atoms with Gasteiger partial charge in [0.25, 0.3) is 0 Å². The summed E-state index contributed by atoms with van der Waals surface area (Å²) in [5, 5.41) is 13.1. The number of rotatable bonds is 5. The number of ether oxygens (including phenoxy) is 1. The van der Waals surface area contributed by atoms with E-state index < -0.39 is 11.9 Å². The van der Waals surface area contributed by atoms with Crippen molar-refractivity contribution >= 4 is 22.8 Å². The van der Waals surface area contributed by atoms with Gasteiger partial charge in [-0.15, -0.1) is 0 Å². The summed E-state index contributed by atoms with van der Waals surface area (Å²) in [6, 6.07) is 18.9. The summed E-state index contributed by atoms with van der Waals surface area (Å²) in [4.78, 5) is 24.2. The van der Waals surface area contributed by atoms with E-state index in [2.05, 4.69) is 21.3 Å². The number of fused-ring (bicyclic) bond motifs is 1. The van der Waals surface area contributed by atoms with Crippen LogP contribution in [0.25, 0.3) is 11.0 Å². The molecule has 4 rings (SSSR count). The van der Waals surface area contributed by atoms with E-state index in [-0.39, 0.29) is 6.61 Å². The number of nitrogens with zero attached hydrogens (tertiary/aromatic N) is 4. The van der Waals surface area contributed by atoms with Crippen molar-refractivity contribution in [3.63, 3.8) is 0 Å². The highest BCUT2D eigenvalue weighted by Gasteiger charge is 2.30. The van der Waals surface area contributed by atoms with Gasteiger partial charge < -0.3 is 15.0 Å². The fraction of sp³-hybridized carbons (Fsp3) is 0.273. The molecule has 0 saturated carbocycles. The molecule has 0 bridgehead atoms. The van der Waals surface area contributed by atoms with Gasteiger partial charge in [0.05, 0.1) is 17.1 Å². The molecule has 0 aliphatic carbocycles. The maximum Gasteiger partial charge on any atom is 0.330 e. The average molecular weight is 387 g/mol. The van der Waals surface area contributed by atoms with Crippen LogP contribution in [-0.4, -0.2) is 42.1 Å². The highest BCUT2D eigenvalue weighted by molar-refractivity contribution is 5.85. The summed E-state index contributed by atoms with van der Waals surface area (Å²) in [6.45, 7) is 3.20. The lowest BCUT2D eigenvalue weighted by Gasteiger charge is -2.30. The number of nitriles is 1. The van der Waals surface area contributed by atoms with Crippen molar-refractivity contribution in [1.29, 1.82) is 5.26 Å². The van der Waals surface area contributed by atoms with Gasteiger partial charge in [0.1, 0.15) is 12.3 Å². The van der Waals surface area contributed by atoms with Gasteiger partial charge in [-0.05, 0) is 17.7 Å². The van der Waals surface area contributed by atoms with Crippen LogP contribution in [0.5, 0.6) is 0 Å². The van der Waals surface area contributed by atoms with Gasteiger partial charge in [-0.1, -0.05) is 42.5 Å². The number of esters is 1. The minimum Gasteiger partial charge on any atom is -0.460 e. The number of aromatic nitrogens is 2. The third kappa shape index (κ3) is 4.18. The number of anilines is 1. The molecule has 146 valence electrons. The molecule has 7 heteroatoms. The monoisotopic (exact) mass is 387 g/mol. The number of hydrogen-bond donors (Lipinski definition) is 1. The molecule has 2 heterocycles. The Morgan fingerprint density at radius 1 is 1.07 bits per heavy atom. The fourth-order valence-corrected chi connectivity index (χ4v) is 3.34. The van der Waals surface area contributed by atoms with Crippen LogP contribution < -0.4 is 10.2 Å². The predicted octanol–water partition coefficient (Wildman–Crippen LogP) is 2.39. The first-order valence-corrected chi connectivity index (χ1v) is 9.59. The minimum atomic E-state index is -1.14. The zero-order chi connectivity index (χ0) is 20.1. The summed E-state index contributed by atoms with van der Waals surface area (Å²) >= 11 is 0. The number of hydrogen-bond acceptors (Lipinski definition) is 7. The zero-order valence-corrected chi connectivity index (χ0v) is 15.9. The Kier molecular flexibility index (Phi) is 5.63. The Labute approximate surface area is 169 Å². The van der Waals surface area contributed by atoms with E-state index in [1.807, 2.05) is 54.6 Å². The molecule has 29 heavy (non-hydrogen) atoms. The lowest BCUT2D eigenvalue weighted by Crippen LogP contribution is -2.44. The number of para-hydroxylation sites is 2. The maximum absolute atomic E-state index is 12.8. The standard InChI is InChI=1S/C22H21N5O2/c23-14-17(22(28)29-15-16-6-2-1-3-7-16)20-21(27-12-10-24-11-13-27)26-19-9-5-4-8-18(19)25-20/h1-9,17,24H,10-13,15H2. The fourth-order valence-electron chi connectivity index (χ4n) is 3.34. The second-order valence-corrected chi connectivity index (χ2v) is 6.81. The van der Waals surface area contributed by atoms with Crippen LogP contribution in [0.2, 0.25) is 0 Å². The topological polar surface area (TPSA) is 91.1 Å². The van der Waals surface area contributed by atoms with Crippen molar-refractivity contribution < 1.29 is 9.53 Å². The van der Waals surface area contributed by atoms with E-state index in [0.717, 1.165) is 37.3 Å². The van der Waals surface area contributed by atoms with Gasteiger partial charge in [0.15, 0.2) is 11.7 Å². The second-order valence-electron chi connectivity index (χ2n) is 6.81. The predicted molar refractivity (Wildman–Crippen MR) is 109 cm³/mol. The van der Waals surface area contributed by atoms with Gasteiger partial charge in [-0.2, -0.15) is 5.26 Å². The summed E-state index contributed by atoms with van der Waals surface area (Å²) in [5.74, 6) is -1.17. The molecule has 3 aromatic rings. The number of benzene rings is 2. The summed E-state index contributed by atoms with van der Waals surface area (Å²) in [6.07, 6.45) is 0. The highest BCUT2D eigenvalue weighted by Crippen LogP contribution is 2.28. The maximum atomic E-state index is 12.8. The van der Waals surface area contributed by atoms with E-state index in [9.17, 15) is 10.1 Å². The Morgan fingerprint density at radius 2 is 1.72 bits per heavy atom. The number of carbonyl (C=O) groups is 1. The van der Waals surface area contributed by atoms with Gasteiger partial charge in [-0.3, -0.25) is 4.79 Å². The highest BCUT2D eigenvalue weighted by atomic mass is 16.5. The van der Waals surface area contributed by atoms with E-state index in [1.165, 1.54) is 0 Å². The van der Waals surface area contributed by atoms with Crippen LogP contribution >= 0.6 is 0 Å². The van der Waals surface area contributed by atoms with Crippen molar-refractivity contribution in [2.45, 2.75) is 12.5 Å². The van der Waals surface area contributed by atoms with E-state index in [0.29, 0.717) is 17.0 Å². The number of piperazine rings is 1. The molecular weight excluding hydrogens is 366 g/mol. The normalized spacial score (nSPS) is 14.9. The largest absolute Gasteiger partial charge is 0.460 e. The molecular formula is C22H21N5O2. The Balaban J connectivity index is 1.67. The first kappa shape index (κ1) is 18.8. The van der Waals surface area contributed by atoms with Crippen molar-refractivity contribution in [3.8, 4) is 6.07 Å². The molecule has 1 N–H and O–H groups in total. The van der Waals surface area contributed by atoms with Crippen molar-refractivity contribution in [2.24, 2.45) is 0 Å². The molecule has 1 unspecified atom stereocenters. The third-order valence-electron chi connectivity index (χ3n) is 4.86. The molecule has 1 aromatic heterocycles. The molecule has 1 saturated heterocycles. The summed E-state index contributed by atoms with van der Waals surface area (Å²) < 4.78 is 5.43. The Hall–Kier alpha value is -3.50. The second kappa shape index (κ2) is 8.67. The first-order chi connectivity index (χ1) is 14.3. The molecule has 1 fully saturated rings. The molecule has 7 nitrogen and oxygen atoms in total. The van der Waals surface area contributed by atoms with Gasteiger partial charge in [-0.25, -0.2) is 9.97 Å². The van der Waals surface area contributed by atoms with Crippen LogP contribution in [0.4, 0.5) is 5.82 Å². The molecule has 0 radical (unpaired) electrons. The molecule has 0 spiro atoms. The van der Waals surface area contributed by atoms with E-state index in [4.69, 9.17) is 9.72 Å². The quantitative estimate of drug-likeness (QED) is 0.672. The summed E-state index contributed by atoms with van der Waals surface area (Å²) in [5.41, 5.74) is 2.60.